The Bertz CT molecular complexity index is 299. The van der Waals surface area contributed by atoms with E-state index in [1.807, 2.05) is 30.3 Å². The van der Waals surface area contributed by atoms with Gasteiger partial charge in [-0.3, -0.25) is 0 Å². The average molecular weight is 170 g/mol. The zero-order valence-corrected chi connectivity index (χ0v) is 7.27. The minimum Gasteiger partial charge on any atom is -0.547 e. The third-order valence-electron chi connectivity index (χ3n) is 1.85. The van der Waals surface area contributed by atoms with Crippen molar-refractivity contribution < 1.29 is 33.5 Å². The van der Waals surface area contributed by atoms with Gasteiger partial charge in [0.1, 0.15) is 12.2 Å². The van der Waals surface area contributed by atoms with Crippen molar-refractivity contribution in [1.82, 2.24) is 0 Å². The van der Waals surface area contributed by atoms with Crippen LogP contribution in [-0.4, -0.2) is 12.1 Å². The summed E-state index contributed by atoms with van der Waals surface area (Å²) in [5, 5.41) is 10.3. The molecule has 0 N–H and O–H groups in total. The van der Waals surface area contributed by atoms with Crippen molar-refractivity contribution in [3.63, 3.8) is 0 Å². The first-order chi connectivity index (χ1) is 5.79. The Morgan fingerprint density at radius 1 is 1.31 bits per heavy atom. The molecule has 4 heteroatoms. The number of aliphatic carboxylic acids is 1. The Hall–Kier alpha value is -0.753. The molecule has 13 heavy (non-hydrogen) atoms. The molecule has 0 amide bonds. The van der Waals surface area contributed by atoms with Crippen LogP contribution < -0.4 is 24.0 Å². The molecule has 1 saturated heterocycles. The maximum atomic E-state index is 10.3. The van der Waals surface area contributed by atoms with Crippen LogP contribution in [0.2, 0.25) is 0 Å². The van der Waals surface area contributed by atoms with Crippen molar-refractivity contribution in [3.8, 4) is 0 Å². The Labute approximate surface area is 87.9 Å². The monoisotopic (exact) mass is 170 g/mol. The molecule has 0 radical (unpaired) electrons. The SMILES string of the molecule is O=C([O-])C1OC1c1ccccc1.[Li+]. The van der Waals surface area contributed by atoms with Gasteiger partial charge < -0.3 is 14.6 Å². The van der Waals surface area contributed by atoms with Gasteiger partial charge in [0.25, 0.3) is 0 Å². The van der Waals surface area contributed by atoms with E-state index < -0.39 is 12.1 Å². The number of carboxylic acids is 1. The third kappa shape index (κ3) is 2.13. The van der Waals surface area contributed by atoms with E-state index >= 15 is 0 Å². The molecule has 2 atom stereocenters. The fourth-order valence-electron chi connectivity index (χ4n) is 1.19. The summed E-state index contributed by atoms with van der Waals surface area (Å²) in [7, 11) is 0. The molecular weight excluding hydrogens is 163 g/mol. The summed E-state index contributed by atoms with van der Waals surface area (Å²) in [4.78, 5) is 10.3. The number of epoxide rings is 1. The second-order valence-electron chi connectivity index (χ2n) is 2.71. The molecule has 1 aliphatic heterocycles. The molecule has 0 bridgehead atoms. The van der Waals surface area contributed by atoms with Crippen LogP contribution in [0.15, 0.2) is 30.3 Å². The van der Waals surface area contributed by atoms with Crippen molar-refractivity contribution in [2.24, 2.45) is 0 Å². The van der Waals surface area contributed by atoms with Crippen molar-refractivity contribution in [2.75, 3.05) is 0 Å². The standard InChI is InChI=1S/C9H8O3.Li/c10-9(11)8-7(12-8)6-4-2-1-3-5-6;/h1-5,7-8H,(H,10,11);/q;+1/p-1. The Morgan fingerprint density at radius 2 is 1.92 bits per heavy atom. The van der Waals surface area contributed by atoms with Gasteiger partial charge in [0, 0.05) is 0 Å². The first kappa shape index (κ1) is 10.3. The second kappa shape index (κ2) is 3.97. The Morgan fingerprint density at radius 3 is 2.38 bits per heavy atom. The van der Waals surface area contributed by atoms with Crippen LogP contribution >= 0.6 is 0 Å². The van der Waals surface area contributed by atoms with Crippen molar-refractivity contribution in [3.05, 3.63) is 35.9 Å². The summed E-state index contributed by atoms with van der Waals surface area (Å²) in [6.07, 6.45) is -1.04. The van der Waals surface area contributed by atoms with E-state index in [9.17, 15) is 9.90 Å². The average Bonchev–Trinajstić information content (AvgIpc) is 2.84. The largest absolute Gasteiger partial charge is 1.00 e. The summed E-state index contributed by atoms with van der Waals surface area (Å²) >= 11 is 0. The number of benzene rings is 1. The van der Waals surface area contributed by atoms with E-state index in [4.69, 9.17) is 4.74 Å². The van der Waals surface area contributed by atoms with Crippen LogP contribution in [-0.2, 0) is 9.53 Å². The fourth-order valence-corrected chi connectivity index (χ4v) is 1.19. The summed E-state index contributed by atoms with van der Waals surface area (Å²) in [6, 6.07) is 9.26. The van der Waals surface area contributed by atoms with Crippen LogP contribution in [0.1, 0.15) is 11.7 Å². The van der Waals surface area contributed by atoms with Crippen LogP contribution in [0.4, 0.5) is 0 Å². The van der Waals surface area contributed by atoms with E-state index in [0.29, 0.717) is 0 Å². The number of rotatable bonds is 2. The van der Waals surface area contributed by atoms with E-state index in [-0.39, 0.29) is 25.0 Å². The van der Waals surface area contributed by atoms with E-state index in [0.717, 1.165) is 5.56 Å². The fraction of sp³-hybridized carbons (Fsp3) is 0.222. The smallest absolute Gasteiger partial charge is 0.547 e. The van der Waals surface area contributed by atoms with Gasteiger partial charge in [-0.05, 0) is 5.56 Å². The molecule has 2 rings (SSSR count). The maximum Gasteiger partial charge on any atom is 1.00 e. The molecule has 0 spiro atoms. The predicted octanol–water partition coefficient (Wildman–Crippen LogP) is -3.12. The van der Waals surface area contributed by atoms with Gasteiger partial charge >= 0.3 is 18.9 Å². The van der Waals surface area contributed by atoms with Gasteiger partial charge in [-0.15, -0.1) is 0 Å². The molecular formula is C9H7LiO3. The zero-order chi connectivity index (χ0) is 8.55. The predicted molar refractivity (Wildman–Crippen MR) is 39.1 cm³/mol. The molecule has 1 aromatic rings. The zero-order valence-electron chi connectivity index (χ0n) is 7.27. The van der Waals surface area contributed by atoms with Crippen LogP contribution in [0.25, 0.3) is 0 Å². The van der Waals surface area contributed by atoms with Crippen molar-refractivity contribution in [2.45, 2.75) is 12.2 Å². The Balaban J connectivity index is 0.000000845. The summed E-state index contributed by atoms with van der Waals surface area (Å²) in [6.45, 7) is 0. The number of carbonyl (C=O) groups is 1. The summed E-state index contributed by atoms with van der Waals surface area (Å²) in [5.74, 6) is -1.14. The molecule has 1 heterocycles. The van der Waals surface area contributed by atoms with E-state index in [1.165, 1.54) is 0 Å². The normalized spacial score (nSPS) is 24.6. The number of hydrogen-bond donors (Lipinski definition) is 0. The van der Waals surface area contributed by atoms with Crippen LogP contribution in [0.5, 0.6) is 0 Å². The number of carboxylic acid groups (broad SMARTS) is 1. The van der Waals surface area contributed by atoms with Gasteiger partial charge in [0.2, 0.25) is 0 Å². The number of hydrogen-bond acceptors (Lipinski definition) is 3. The molecule has 0 aliphatic carbocycles. The molecule has 0 aromatic heterocycles. The third-order valence-corrected chi connectivity index (χ3v) is 1.85. The minimum absolute atomic E-state index is 0. The molecule has 1 aliphatic rings. The molecule has 0 saturated carbocycles. The quantitative estimate of drug-likeness (QED) is 0.348. The molecule has 1 aromatic carbocycles. The number of ether oxygens (including phenoxy) is 1. The molecule has 1 fully saturated rings. The van der Waals surface area contributed by atoms with Gasteiger partial charge in [-0.2, -0.15) is 0 Å². The van der Waals surface area contributed by atoms with E-state index in [2.05, 4.69) is 0 Å². The van der Waals surface area contributed by atoms with Crippen LogP contribution in [0, 0.1) is 0 Å². The van der Waals surface area contributed by atoms with Gasteiger partial charge in [0.05, 0.1) is 5.97 Å². The summed E-state index contributed by atoms with van der Waals surface area (Å²) in [5.41, 5.74) is 0.895. The Kier molecular flexibility index (Phi) is 3.15. The topological polar surface area (TPSA) is 52.7 Å². The van der Waals surface area contributed by atoms with E-state index in [1.54, 1.807) is 0 Å². The van der Waals surface area contributed by atoms with Gasteiger partial charge in [0.15, 0.2) is 0 Å². The summed E-state index contributed by atoms with van der Waals surface area (Å²) < 4.78 is 4.90. The molecule has 3 nitrogen and oxygen atoms in total. The second-order valence-corrected chi connectivity index (χ2v) is 2.71. The van der Waals surface area contributed by atoms with Crippen LogP contribution in [0.3, 0.4) is 0 Å². The van der Waals surface area contributed by atoms with Crippen molar-refractivity contribution in [1.29, 1.82) is 0 Å². The first-order valence-electron chi connectivity index (χ1n) is 3.70. The number of carbonyl (C=O) groups excluding carboxylic acids is 1. The first-order valence-corrected chi connectivity index (χ1v) is 3.70. The van der Waals surface area contributed by atoms with Crippen molar-refractivity contribution >= 4 is 5.97 Å². The molecule has 2 unspecified atom stereocenters. The minimum atomic E-state index is -1.14. The van der Waals surface area contributed by atoms with Gasteiger partial charge in [-0.1, -0.05) is 30.3 Å². The maximum absolute atomic E-state index is 10.3. The molecule has 62 valence electrons. The van der Waals surface area contributed by atoms with Gasteiger partial charge in [-0.25, -0.2) is 0 Å².